The van der Waals surface area contributed by atoms with Crippen molar-refractivity contribution in [2.24, 2.45) is 0 Å². The van der Waals surface area contributed by atoms with Crippen LogP contribution in [0.15, 0.2) is 78.2 Å². The number of carbonyl (C=O) groups is 1. The van der Waals surface area contributed by atoms with Gasteiger partial charge in [-0.25, -0.2) is 4.98 Å². The summed E-state index contributed by atoms with van der Waals surface area (Å²) in [6, 6.07) is 24.4. The number of carbonyl (C=O) groups excluding carboxylic acids is 1. The summed E-state index contributed by atoms with van der Waals surface area (Å²) in [6.07, 6.45) is 1.38. The molecular weight excluding hydrogens is 578 g/mol. The molecule has 2 saturated heterocycles. The lowest BCUT2D eigenvalue weighted by molar-refractivity contribution is -0.181. The third-order valence-corrected chi connectivity index (χ3v) is 9.01. The number of hydrogen-bond donors (Lipinski definition) is 0. The smallest absolute Gasteiger partial charge is 0.273 e. The van der Waals surface area contributed by atoms with Crippen LogP contribution in [0.2, 0.25) is 0 Å². The highest BCUT2D eigenvalue weighted by molar-refractivity contribution is 7.09. The van der Waals surface area contributed by atoms with Gasteiger partial charge in [0.2, 0.25) is 6.79 Å². The molecule has 1 spiro atoms. The van der Waals surface area contributed by atoms with Gasteiger partial charge in [0.25, 0.3) is 5.91 Å². The van der Waals surface area contributed by atoms with Gasteiger partial charge in [0.15, 0.2) is 17.3 Å². The number of fused-ring (bicyclic) bond motifs is 1. The molecule has 2 fully saturated rings. The summed E-state index contributed by atoms with van der Waals surface area (Å²) in [5.74, 6) is 1.82. The molecule has 0 radical (unpaired) electrons. The summed E-state index contributed by atoms with van der Waals surface area (Å²) in [7, 11) is 0. The van der Waals surface area contributed by atoms with E-state index in [4.69, 9.17) is 28.7 Å². The Morgan fingerprint density at radius 2 is 1.59 bits per heavy atom. The maximum atomic E-state index is 13.3. The predicted molar refractivity (Wildman–Crippen MR) is 165 cm³/mol. The molecule has 44 heavy (non-hydrogen) atoms. The van der Waals surface area contributed by atoms with E-state index in [1.165, 1.54) is 11.3 Å². The second kappa shape index (κ2) is 13.0. The van der Waals surface area contributed by atoms with Gasteiger partial charge in [-0.3, -0.25) is 9.69 Å². The van der Waals surface area contributed by atoms with Crippen LogP contribution in [-0.4, -0.2) is 59.6 Å². The fourth-order valence-corrected chi connectivity index (χ4v) is 6.64. The van der Waals surface area contributed by atoms with Crippen molar-refractivity contribution in [1.82, 2.24) is 14.8 Å². The molecule has 4 heterocycles. The lowest BCUT2D eigenvalue weighted by atomic mass is 10.0. The van der Waals surface area contributed by atoms with Crippen LogP contribution in [0.4, 0.5) is 0 Å². The molecule has 4 aromatic rings. The number of nitrogens with zero attached hydrogens (tertiary/aromatic N) is 3. The summed E-state index contributed by atoms with van der Waals surface area (Å²) in [4.78, 5) is 22.3. The van der Waals surface area contributed by atoms with Crippen molar-refractivity contribution in [1.29, 1.82) is 0 Å². The minimum absolute atomic E-state index is 0.0336. The van der Waals surface area contributed by atoms with Crippen LogP contribution in [0.3, 0.4) is 0 Å². The third kappa shape index (κ3) is 6.73. The summed E-state index contributed by atoms with van der Waals surface area (Å²) in [6.45, 7) is 5.21. The average molecular weight is 614 g/mol. The first-order valence-corrected chi connectivity index (χ1v) is 15.9. The highest BCUT2D eigenvalue weighted by atomic mass is 32.1. The fraction of sp³-hybridized carbons (Fsp3) is 0.353. The topological polar surface area (TPSA) is 82.6 Å². The first-order valence-electron chi connectivity index (χ1n) is 15.0. The molecular formula is C34H35N3O6S. The van der Waals surface area contributed by atoms with Crippen LogP contribution in [0.1, 0.15) is 45.0 Å². The SMILES string of the molecule is O=C(c1csc(CN(Cc2ccc(OCc3ccccc3)cc2)Cc2ccc3c(c2)OCO3)n1)N1CCC2(CC1)OCCO2. The molecule has 1 amide bonds. The first-order chi connectivity index (χ1) is 21.6. The quantitative estimate of drug-likeness (QED) is 0.228. The number of amides is 1. The number of likely N-dealkylation sites (tertiary alicyclic amines) is 1. The maximum Gasteiger partial charge on any atom is 0.273 e. The third-order valence-electron chi connectivity index (χ3n) is 8.18. The molecule has 1 aromatic heterocycles. The van der Waals surface area contributed by atoms with Crippen LogP contribution >= 0.6 is 11.3 Å². The van der Waals surface area contributed by atoms with Crippen molar-refractivity contribution in [3.05, 3.63) is 106 Å². The predicted octanol–water partition coefficient (Wildman–Crippen LogP) is 5.63. The molecule has 0 N–H and O–H groups in total. The number of benzene rings is 3. The molecule has 3 aliphatic heterocycles. The largest absolute Gasteiger partial charge is 0.489 e. The first kappa shape index (κ1) is 28.8. The van der Waals surface area contributed by atoms with Gasteiger partial charge in [-0.2, -0.15) is 0 Å². The minimum Gasteiger partial charge on any atom is -0.489 e. The van der Waals surface area contributed by atoms with E-state index in [0.29, 0.717) is 71.1 Å². The van der Waals surface area contributed by atoms with Crippen molar-refractivity contribution in [2.75, 3.05) is 33.1 Å². The van der Waals surface area contributed by atoms with Gasteiger partial charge in [0.05, 0.1) is 19.8 Å². The zero-order valence-electron chi connectivity index (χ0n) is 24.5. The molecule has 10 heteroatoms. The van der Waals surface area contributed by atoms with E-state index in [2.05, 4.69) is 35.2 Å². The van der Waals surface area contributed by atoms with Crippen LogP contribution in [0, 0.1) is 0 Å². The molecule has 7 rings (SSSR count). The Kier molecular flexibility index (Phi) is 8.48. The van der Waals surface area contributed by atoms with Gasteiger partial charge in [0, 0.05) is 44.4 Å². The summed E-state index contributed by atoms with van der Waals surface area (Å²) in [5, 5.41) is 2.77. The molecule has 0 bridgehead atoms. The van der Waals surface area contributed by atoms with Gasteiger partial charge < -0.3 is 28.6 Å². The number of thiazole rings is 1. The monoisotopic (exact) mass is 613 g/mol. The van der Waals surface area contributed by atoms with Gasteiger partial charge in [-0.1, -0.05) is 48.5 Å². The summed E-state index contributed by atoms with van der Waals surface area (Å²) >= 11 is 1.52. The summed E-state index contributed by atoms with van der Waals surface area (Å²) < 4.78 is 28.8. The molecule has 228 valence electrons. The summed E-state index contributed by atoms with van der Waals surface area (Å²) in [5.41, 5.74) is 3.90. The molecule has 9 nitrogen and oxygen atoms in total. The zero-order valence-corrected chi connectivity index (χ0v) is 25.3. The Labute approximate surface area is 260 Å². The van der Waals surface area contributed by atoms with Gasteiger partial charge >= 0.3 is 0 Å². The van der Waals surface area contributed by atoms with Gasteiger partial charge in [-0.05, 0) is 41.0 Å². The Balaban J connectivity index is 1.02. The average Bonchev–Trinajstić information content (AvgIpc) is 3.83. The van der Waals surface area contributed by atoms with Crippen molar-refractivity contribution < 1.29 is 28.5 Å². The van der Waals surface area contributed by atoms with Crippen molar-refractivity contribution in [2.45, 2.75) is 44.9 Å². The van der Waals surface area contributed by atoms with Crippen molar-refractivity contribution in [3.63, 3.8) is 0 Å². The Morgan fingerprint density at radius 3 is 2.39 bits per heavy atom. The van der Waals surface area contributed by atoms with Crippen LogP contribution in [0.5, 0.6) is 17.2 Å². The van der Waals surface area contributed by atoms with E-state index < -0.39 is 5.79 Å². The number of piperidine rings is 1. The maximum absolute atomic E-state index is 13.3. The Morgan fingerprint density at radius 1 is 0.864 bits per heavy atom. The number of aromatic nitrogens is 1. The van der Waals surface area contributed by atoms with E-state index in [9.17, 15) is 4.79 Å². The van der Waals surface area contributed by atoms with Crippen LogP contribution in [-0.2, 0) is 35.7 Å². The van der Waals surface area contributed by atoms with Crippen molar-refractivity contribution >= 4 is 17.2 Å². The lowest BCUT2D eigenvalue weighted by Gasteiger charge is -2.37. The second-order valence-electron chi connectivity index (χ2n) is 11.3. The molecule has 0 aliphatic carbocycles. The Bertz CT molecular complexity index is 1560. The fourth-order valence-electron chi connectivity index (χ4n) is 5.83. The molecule has 0 atom stereocenters. The van der Waals surface area contributed by atoms with Gasteiger partial charge in [0.1, 0.15) is 23.1 Å². The van der Waals surface area contributed by atoms with E-state index in [1.54, 1.807) is 0 Å². The van der Waals surface area contributed by atoms with E-state index in [-0.39, 0.29) is 12.7 Å². The molecule has 3 aliphatic rings. The van der Waals surface area contributed by atoms with E-state index >= 15 is 0 Å². The van der Waals surface area contributed by atoms with E-state index in [0.717, 1.165) is 38.9 Å². The number of hydrogen-bond acceptors (Lipinski definition) is 9. The highest BCUT2D eigenvalue weighted by Gasteiger charge is 2.41. The van der Waals surface area contributed by atoms with Gasteiger partial charge in [-0.15, -0.1) is 11.3 Å². The van der Waals surface area contributed by atoms with E-state index in [1.807, 2.05) is 52.7 Å². The minimum atomic E-state index is -0.508. The van der Waals surface area contributed by atoms with Crippen molar-refractivity contribution in [3.8, 4) is 17.2 Å². The number of rotatable bonds is 10. The van der Waals surface area contributed by atoms with Crippen LogP contribution in [0.25, 0.3) is 0 Å². The molecule has 0 unspecified atom stereocenters. The molecule has 0 saturated carbocycles. The Hall–Kier alpha value is -3.96. The standard InChI is InChI=1S/C34H35N3O6S/c38-33(37-14-12-34(13-15-37)42-16-17-43-34)29-23-44-32(35-29)21-36(20-27-8-11-30-31(18-27)41-24-40-30)19-25-6-9-28(10-7-25)39-22-26-4-2-1-3-5-26/h1-11,18,23H,12-17,19-22,24H2. The zero-order chi connectivity index (χ0) is 29.8. The second-order valence-corrected chi connectivity index (χ2v) is 12.2. The lowest BCUT2D eigenvalue weighted by Crippen LogP contribution is -2.47. The molecule has 3 aromatic carbocycles. The number of ether oxygens (including phenoxy) is 5. The van der Waals surface area contributed by atoms with Crippen LogP contribution < -0.4 is 14.2 Å². The highest BCUT2D eigenvalue weighted by Crippen LogP contribution is 2.34. The normalized spacial score (nSPS) is 17.0.